The average molecular weight is 331 g/mol. The lowest BCUT2D eigenvalue weighted by Crippen LogP contribution is -2.41. The largest absolute Gasteiger partial charge is 0.375 e. The number of aromatic nitrogens is 2. The summed E-state index contributed by atoms with van der Waals surface area (Å²) in [7, 11) is 0. The lowest BCUT2D eigenvalue weighted by molar-refractivity contribution is 0.0529. The molecule has 24 heavy (non-hydrogen) atoms. The maximum atomic E-state index is 11.8. The van der Waals surface area contributed by atoms with Crippen molar-refractivity contribution >= 4 is 17.7 Å². The van der Waals surface area contributed by atoms with Crippen molar-refractivity contribution in [1.29, 1.82) is 0 Å². The molecule has 8 nitrogen and oxygen atoms in total. The number of carbonyl (C=O) groups is 1. The van der Waals surface area contributed by atoms with E-state index in [2.05, 4.69) is 32.6 Å². The number of urea groups is 1. The molecule has 0 saturated carbocycles. The smallest absolute Gasteiger partial charge is 0.320 e. The normalized spacial score (nSPS) is 17.6. The number of anilines is 2. The molecule has 0 aromatic carbocycles. The Balaban J connectivity index is 1.49. The Labute approximate surface area is 140 Å². The number of nitrogens with zero attached hydrogens (tertiary/aromatic N) is 3. The van der Waals surface area contributed by atoms with Crippen LogP contribution < -0.4 is 15.5 Å². The average Bonchev–Trinajstić information content (AvgIpc) is 2.98. The van der Waals surface area contributed by atoms with Crippen LogP contribution in [-0.4, -0.2) is 42.0 Å². The van der Waals surface area contributed by atoms with Crippen LogP contribution in [0.5, 0.6) is 0 Å². The Bertz CT molecular complexity index is 685. The van der Waals surface area contributed by atoms with Gasteiger partial charge >= 0.3 is 6.03 Å². The zero-order valence-corrected chi connectivity index (χ0v) is 13.8. The van der Waals surface area contributed by atoms with Crippen molar-refractivity contribution in [2.45, 2.75) is 26.5 Å². The minimum Gasteiger partial charge on any atom is -0.375 e. The number of aryl methyl sites for hydroxylation is 1. The molecule has 2 aromatic heterocycles. The van der Waals surface area contributed by atoms with Crippen LogP contribution in [0.4, 0.5) is 16.4 Å². The van der Waals surface area contributed by atoms with Gasteiger partial charge < -0.3 is 19.5 Å². The van der Waals surface area contributed by atoms with E-state index in [1.54, 1.807) is 19.2 Å². The van der Waals surface area contributed by atoms with Crippen LogP contribution in [0.3, 0.4) is 0 Å². The SMILES string of the molecule is Cc1cc(NC(=O)NCc2ccc(N3CCO[C@@H](C)C3)nc2)no1. The molecule has 2 N–H and O–H groups in total. The molecule has 1 atom stereocenters. The van der Waals surface area contributed by atoms with Crippen LogP contribution >= 0.6 is 0 Å². The Morgan fingerprint density at radius 2 is 2.33 bits per heavy atom. The molecule has 1 aliphatic rings. The third-order valence-corrected chi connectivity index (χ3v) is 3.70. The third kappa shape index (κ3) is 4.23. The highest BCUT2D eigenvalue weighted by atomic mass is 16.5. The van der Waals surface area contributed by atoms with Crippen molar-refractivity contribution in [3.63, 3.8) is 0 Å². The van der Waals surface area contributed by atoms with Gasteiger partial charge in [0.1, 0.15) is 11.6 Å². The number of carbonyl (C=O) groups excluding carboxylic acids is 1. The molecule has 1 aliphatic heterocycles. The predicted octanol–water partition coefficient (Wildman–Crippen LogP) is 1.92. The maximum Gasteiger partial charge on any atom is 0.320 e. The molecule has 0 spiro atoms. The van der Waals surface area contributed by atoms with E-state index in [0.29, 0.717) is 24.7 Å². The molecule has 0 radical (unpaired) electrons. The van der Waals surface area contributed by atoms with Crippen LogP contribution in [0, 0.1) is 6.92 Å². The summed E-state index contributed by atoms with van der Waals surface area (Å²) in [6.07, 6.45) is 1.99. The fourth-order valence-electron chi connectivity index (χ4n) is 2.50. The number of morpholine rings is 1. The molecule has 0 unspecified atom stereocenters. The molecule has 8 heteroatoms. The quantitative estimate of drug-likeness (QED) is 0.889. The molecule has 0 bridgehead atoms. The molecule has 2 aromatic rings. The van der Waals surface area contributed by atoms with E-state index in [1.165, 1.54) is 0 Å². The summed E-state index contributed by atoms with van der Waals surface area (Å²) < 4.78 is 10.4. The van der Waals surface area contributed by atoms with Gasteiger partial charge in [0.2, 0.25) is 0 Å². The van der Waals surface area contributed by atoms with Crippen molar-refractivity contribution in [2.75, 3.05) is 29.9 Å². The van der Waals surface area contributed by atoms with Gasteiger partial charge in [0, 0.05) is 31.9 Å². The second-order valence-corrected chi connectivity index (χ2v) is 5.78. The first-order chi connectivity index (χ1) is 11.6. The van der Waals surface area contributed by atoms with Crippen molar-refractivity contribution in [2.24, 2.45) is 0 Å². The number of rotatable bonds is 4. The van der Waals surface area contributed by atoms with Crippen LogP contribution in [0.2, 0.25) is 0 Å². The fourth-order valence-corrected chi connectivity index (χ4v) is 2.50. The number of hydrogen-bond acceptors (Lipinski definition) is 6. The highest BCUT2D eigenvalue weighted by Crippen LogP contribution is 2.15. The summed E-state index contributed by atoms with van der Waals surface area (Å²) in [6.45, 7) is 6.60. The highest BCUT2D eigenvalue weighted by Gasteiger charge is 2.17. The van der Waals surface area contributed by atoms with Crippen LogP contribution in [0.15, 0.2) is 28.9 Å². The minimum absolute atomic E-state index is 0.214. The molecule has 1 fully saturated rings. The molecular weight excluding hydrogens is 310 g/mol. The topological polar surface area (TPSA) is 92.5 Å². The summed E-state index contributed by atoms with van der Waals surface area (Å²) in [5.74, 6) is 1.96. The van der Waals surface area contributed by atoms with Gasteiger partial charge in [0.05, 0.1) is 12.7 Å². The Hall–Kier alpha value is -2.61. The van der Waals surface area contributed by atoms with E-state index >= 15 is 0 Å². The monoisotopic (exact) mass is 331 g/mol. The van der Waals surface area contributed by atoms with Crippen molar-refractivity contribution in [3.8, 4) is 0 Å². The van der Waals surface area contributed by atoms with E-state index < -0.39 is 0 Å². The lowest BCUT2D eigenvalue weighted by Gasteiger charge is -2.32. The second-order valence-electron chi connectivity index (χ2n) is 5.78. The van der Waals surface area contributed by atoms with E-state index in [4.69, 9.17) is 9.26 Å². The second kappa shape index (κ2) is 7.31. The van der Waals surface area contributed by atoms with Crippen molar-refractivity contribution in [3.05, 3.63) is 35.7 Å². The number of pyridine rings is 1. The summed E-state index contributed by atoms with van der Waals surface area (Å²) in [5, 5.41) is 9.07. The Kier molecular flexibility index (Phi) is 4.95. The van der Waals surface area contributed by atoms with E-state index in [9.17, 15) is 4.79 Å². The summed E-state index contributed by atoms with van der Waals surface area (Å²) >= 11 is 0. The van der Waals surface area contributed by atoms with E-state index in [1.807, 2.05) is 12.1 Å². The standard InChI is InChI=1S/C16H21N5O3/c1-11-7-14(20-24-11)19-16(22)18-9-13-3-4-15(17-8-13)21-5-6-23-12(2)10-21/h3-4,7-8,12H,5-6,9-10H2,1-2H3,(H2,18,19,20,22)/t12-/m0/s1. The van der Waals surface area contributed by atoms with Gasteiger partial charge in [-0.3, -0.25) is 5.32 Å². The van der Waals surface area contributed by atoms with Crippen LogP contribution in [-0.2, 0) is 11.3 Å². The molecule has 2 amide bonds. The van der Waals surface area contributed by atoms with Gasteiger partial charge in [-0.05, 0) is 25.5 Å². The molecular formula is C16H21N5O3. The summed E-state index contributed by atoms with van der Waals surface area (Å²) in [5.41, 5.74) is 0.923. The van der Waals surface area contributed by atoms with Gasteiger partial charge in [-0.1, -0.05) is 11.2 Å². The number of amides is 2. The van der Waals surface area contributed by atoms with Crippen molar-refractivity contribution < 1.29 is 14.1 Å². The minimum atomic E-state index is -0.339. The van der Waals surface area contributed by atoms with Gasteiger partial charge in [-0.2, -0.15) is 0 Å². The molecule has 1 saturated heterocycles. The highest BCUT2D eigenvalue weighted by molar-refractivity contribution is 5.88. The van der Waals surface area contributed by atoms with Gasteiger partial charge in [0.25, 0.3) is 0 Å². The van der Waals surface area contributed by atoms with Crippen molar-refractivity contribution in [1.82, 2.24) is 15.5 Å². The van der Waals surface area contributed by atoms with Crippen LogP contribution in [0.25, 0.3) is 0 Å². The molecule has 128 valence electrons. The zero-order chi connectivity index (χ0) is 16.9. The first-order valence-electron chi connectivity index (χ1n) is 7.90. The van der Waals surface area contributed by atoms with E-state index in [0.717, 1.165) is 24.5 Å². The first-order valence-corrected chi connectivity index (χ1v) is 7.90. The van der Waals surface area contributed by atoms with E-state index in [-0.39, 0.29) is 12.1 Å². The Morgan fingerprint density at radius 1 is 1.46 bits per heavy atom. The summed E-state index contributed by atoms with van der Waals surface area (Å²) in [4.78, 5) is 18.5. The molecule has 3 rings (SSSR count). The molecule has 3 heterocycles. The lowest BCUT2D eigenvalue weighted by atomic mass is 10.2. The zero-order valence-electron chi connectivity index (χ0n) is 13.8. The third-order valence-electron chi connectivity index (χ3n) is 3.70. The van der Waals surface area contributed by atoms with Crippen LogP contribution in [0.1, 0.15) is 18.2 Å². The van der Waals surface area contributed by atoms with Gasteiger partial charge in [0.15, 0.2) is 5.82 Å². The molecule has 0 aliphatic carbocycles. The number of hydrogen-bond donors (Lipinski definition) is 2. The van der Waals surface area contributed by atoms with Gasteiger partial charge in [-0.25, -0.2) is 9.78 Å². The number of ether oxygens (including phenoxy) is 1. The number of nitrogens with one attached hydrogen (secondary N) is 2. The maximum absolute atomic E-state index is 11.8. The Morgan fingerprint density at radius 3 is 3.00 bits per heavy atom. The van der Waals surface area contributed by atoms with Gasteiger partial charge in [-0.15, -0.1) is 0 Å². The first kappa shape index (κ1) is 16.3. The predicted molar refractivity (Wildman–Crippen MR) is 89.0 cm³/mol. The summed E-state index contributed by atoms with van der Waals surface area (Å²) in [6, 6.07) is 5.24. The fraction of sp³-hybridized carbons (Fsp3) is 0.438.